The number of rotatable bonds is 3. The Bertz CT molecular complexity index is 96.6. The Hall–Kier alpha value is -0.486. The van der Waals surface area contributed by atoms with Gasteiger partial charge in [0.15, 0.2) is 0 Å². The van der Waals surface area contributed by atoms with E-state index in [0.29, 0.717) is 11.5 Å². The van der Waals surface area contributed by atoms with Gasteiger partial charge in [0.05, 0.1) is 0 Å². The van der Waals surface area contributed by atoms with E-state index in [4.69, 9.17) is 0 Å². The van der Waals surface area contributed by atoms with Crippen molar-refractivity contribution in [1.29, 1.82) is 0 Å². The Kier molecular flexibility index (Phi) is 3.29. The predicted octanol–water partition coefficient (Wildman–Crippen LogP) is 0.214. The molecule has 0 N–H and O–H groups in total. The lowest BCUT2D eigenvalue weighted by Gasteiger charge is -2.04. The summed E-state index contributed by atoms with van der Waals surface area (Å²) >= 11 is 0. The molecule has 0 unspecified atom stereocenters. The maximum Gasteiger partial charge on any atom is 0.341 e. The molecule has 40 valence electrons. The molecule has 0 aromatic rings. The molecular weight excluding hydrogens is 136 g/mol. The summed E-state index contributed by atoms with van der Waals surface area (Å²) in [5.41, 5.74) is 0. The highest BCUT2D eigenvalue weighted by atomic mass is 28.2. The van der Waals surface area contributed by atoms with Gasteiger partial charge < -0.3 is 8.85 Å². The lowest BCUT2D eigenvalue weighted by molar-refractivity contribution is 0.390. The van der Waals surface area contributed by atoms with E-state index in [9.17, 15) is 0 Å². The molecule has 0 saturated carbocycles. The quantitative estimate of drug-likeness (QED) is 0.317. The average molecular weight is 140 g/mol. The first kappa shape index (κ1) is 7.51. The minimum absolute atomic E-state index is 0.330. The molecule has 0 amide bonds. The van der Waals surface area contributed by atoms with E-state index in [2.05, 4.69) is 43.0 Å². The fraction of sp³-hybridized carbons (Fsp3) is 0. The second kappa shape index (κ2) is 3.51. The Morgan fingerprint density at radius 3 is 1.38 bits per heavy atom. The van der Waals surface area contributed by atoms with Gasteiger partial charge in [0.2, 0.25) is 0 Å². The van der Waals surface area contributed by atoms with Crippen LogP contribution in [0.25, 0.3) is 0 Å². The van der Waals surface area contributed by atoms with Crippen molar-refractivity contribution in [2.75, 3.05) is 0 Å². The third kappa shape index (κ3) is 1.99. The van der Waals surface area contributed by atoms with Gasteiger partial charge in [-0.15, -0.1) is 0 Å². The molecular formula is C4H4O2Si2. The zero-order valence-corrected chi connectivity index (χ0v) is 6.23. The van der Waals surface area contributed by atoms with Crippen LogP contribution in [0.15, 0.2) is 24.7 Å². The molecule has 2 nitrogen and oxygen atoms in total. The summed E-state index contributed by atoms with van der Waals surface area (Å²) in [6, 6.07) is 0. The SMILES string of the molecule is C=C(O[Si])C(=C)O[Si]. The van der Waals surface area contributed by atoms with Gasteiger partial charge in [0.1, 0.15) is 11.5 Å². The summed E-state index contributed by atoms with van der Waals surface area (Å²) in [5, 5.41) is 0. The third-order valence-corrected chi connectivity index (χ3v) is 1.05. The molecule has 0 aliphatic heterocycles. The van der Waals surface area contributed by atoms with E-state index in [1.807, 2.05) is 0 Å². The Labute approximate surface area is 55.3 Å². The normalized spacial score (nSPS) is 7.75. The Morgan fingerprint density at radius 2 is 1.25 bits per heavy atom. The molecule has 0 atom stereocenters. The molecule has 0 spiro atoms. The Balaban J connectivity index is 3.64. The fourth-order valence-corrected chi connectivity index (χ4v) is 0.342. The fourth-order valence-electron chi connectivity index (χ4n) is 0.114. The molecule has 0 bridgehead atoms. The maximum absolute atomic E-state index is 4.46. The second-order valence-electron chi connectivity index (χ2n) is 1.05. The smallest absolute Gasteiger partial charge is 0.341 e. The maximum atomic E-state index is 4.46. The summed E-state index contributed by atoms with van der Waals surface area (Å²) in [6.45, 7) is 6.83. The molecule has 0 aliphatic carbocycles. The second-order valence-corrected chi connectivity index (χ2v) is 1.46. The molecule has 0 heterocycles. The zero-order chi connectivity index (χ0) is 6.57. The van der Waals surface area contributed by atoms with E-state index < -0.39 is 0 Å². The largest absolute Gasteiger partial charge is 0.538 e. The predicted molar refractivity (Wildman–Crippen MR) is 32.0 cm³/mol. The third-order valence-electron chi connectivity index (χ3n) is 0.557. The highest BCUT2D eigenvalue weighted by Gasteiger charge is 1.93. The standard InChI is InChI=1S/C4H4O2Si2/c1-3(5-7)4(2)6-8/h1-2H2. The molecule has 0 rings (SSSR count). The molecule has 0 aromatic carbocycles. The molecule has 0 aromatic heterocycles. The van der Waals surface area contributed by atoms with Gasteiger partial charge >= 0.3 is 21.0 Å². The van der Waals surface area contributed by atoms with Gasteiger partial charge in [-0.05, 0) is 0 Å². The summed E-state index contributed by atoms with van der Waals surface area (Å²) in [4.78, 5) is 0. The lowest BCUT2D eigenvalue weighted by atomic mass is 10.5. The van der Waals surface area contributed by atoms with Gasteiger partial charge in [-0.1, -0.05) is 13.2 Å². The molecule has 8 heavy (non-hydrogen) atoms. The van der Waals surface area contributed by atoms with Crippen molar-refractivity contribution in [2.45, 2.75) is 0 Å². The Morgan fingerprint density at radius 1 is 1.00 bits per heavy atom. The van der Waals surface area contributed by atoms with Crippen LogP contribution in [0, 0.1) is 0 Å². The van der Waals surface area contributed by atoms with Crippen molar-refractivity contribution in [3.05, 3.63) is 24.7 Å². The van der Waals surface area contributed by atoms with E-state index in [1.54, 1.807) is 0 Å². The topological polar surface area (TPSA) is 18.5 Å². The van der Waals surface area contributed by atoms with E-state index in [0.717, 1.165) is 0 Å². The lowest BCUT2D eigenvalue weighted by Crippen LogP contribution is -1.92. The molecule has 4 heteroatoms. The van der Waals surface area contributed by atoms with Crippen LogP contribution in [-0.2, 0) is 8.85 Å². The van der Waals surface area contributed by atoms with Crippen molar-refractivity contribution in [1.82, 2.24) is 0 Å². The van der Waals surface area contributed by atoms with Crippen LogP contribution >= 0.6 is 0 Å². The summed E-state index contributed by atoms with van der Waals surface area (Å²) in [6.07, 6.45) is 0. The van der Waals surface area contributed by atoms with Crippen LogP contribution in [0.4, 0.5) is 0 Å². The number of hydrogen-bond acceptors (Lipinski definition) is 2. The first-order chi connectivity index (χ1) is 3.72. The first-order valence-electron chi connectivity index (χ1n) is 1.77. The van der Waals surface area contributed by atoms with Gasteiger partial charge in [-0.25, -0.2) is 0 Å². The minimum atomic E-state index is 0.330. The van der Waals surface area contributed by atoms with Crippen LogP contribution < -0.4 is 0 Å². The van der Waals surface area contributed by atoms with Gasteiger partial charge in [-0.3, -0.25) is 0 Å². The van der Waals surface area contributed by atoms with Crippen molar-refractivity contribution in [3.8, 4) is 0 Å². The summed E-state index contributed by atoms with van der Waals surface area (Å²) < 4.78 is 8.92. The van der Waals surface area contributed by atoms with Crippen LogP contribution in [0.2, 0.25) is 0 Å². The van der Waals surface area contributed by atoms with E-state index in [1.165, 1.54) is 0 Å². The van der Waals surface area contributed by atoms with E-state index >= 15 is 0 Å². The first-order valence-corrected chi connectivity index (χ1v) is 2.59. The highest BCUT2D eigenvalue weighted by Crippen LogP contribution is 2.02. The summed E-state index contributed by atoms with van der Waals surface area (Å²) in [7, 11) is 5.48. The zero-order valence-electron chi connectivity index (χ0n) is 4.23. The molecule has 0 fully saturated rings. The summed E-state index contributed by atoms with van der Waals surface area (Å²) in [5.74, 6) is 0.660. The van der Waals surface area contributed by atoms with Gasteiger partial charge in [0, 0.05) is 0 Å². The van der Waals surface area contributed by atoms with Crippen LogP contribution in [0.5, 0.6) is 0 Å². The van der Waals surface area contributed by atoms with Crippen LogP contribution in [0.1, 0.15) is 0 Å². The van der Waals surface area contributed by atoms with Gasteiger partial charge in [0.25, 0.3) is 0 Å². The average Bonchev–Trinajstić information content (AvgIpc) is 1.84. The van der Waals surface area contributed by atoms with Crippen molar-refractivity contribution >= 4 is 21.0 Å². The molecule has 0 saturated heterocycles. The van der Waals surface area contributed by atoms with Gasteiger partial charge in [-0.2, -0.15) is 0 Å². The minimum Gasteiger partial charge on any atom is -0.538 e. The van der Waals surface area contributed by atoms with Crippen LogP contribution in [0.3, 0.4) is 0 Å². The molecule has 0 aliphatic rings. The van der Waals surface area contributed by atoms with Crippen LogP contribution in [-0.4, -0.2) is 21.0 Å². The van der Waals surface area contributed by atoms with Crippen molar-refractivity contribution in [2.24, 2.45) is 0 Å². The highest BCUT2D eigenvalue weighted by molar-refractivity contribution is 6.00. The van der Waals surface area contributed by atoms with Crippen molar-refractivity contribution in [3.63, 3.8) is 0 Å². The van der Waals surface area contributed by atoms with Crippen molar-refractivity contribution < 1.29 is 8.85 Å². The number of hydrogen-bond donors (Lipinski definition) is 0. The monoisotopic (exact) mass is 140 g/mol. The molecule has 6 radical (unpaired) electrons. The van der Waals surface area contributed by atoms with E-state index in [-0.39, 0.29) is 0 Å².